The predicted molar refractivity (Wildman–Crippen MR) is 93.3 cm³/mol. The van der Waals surface area contributed by atoms with Gasteiger partial charge in [0.15, 0.2) is 0 Å². The van der Waals surface area contributed by atoms with Crippen LogP contribution in [-0.4, -0.2) is 46.8 Å². The summed E-state index contributed by atoms with van der Waals surface area (Å²) in [5.74, 6) is -1.30. The number of carbonyl (C=O) groups excluding carboxylic acids is 3. The number of nitrogens with zero attached hydrogens (tertiary/aromatic N) is 2. The van der Waals surface area contributed by atoms with Crippen LogP contribution in [-0.2, 0) is 19.1 Å². The van der Waals surface area contributed by atoms with Crippen molar-refractivity contribution in [2.45, 2.75) is 50.7 Å². The van der Waals surface area contributed by atoms with Crippen LogP contribution in [0.15, 0.2) is 12.4 Å². The molecule has 5 atom stereocenters. The van der Waals surface area contributed by atoms with Gasteiger partial charge in [0.2, 0.25) is 11.8 Å². The van der Waals surface area contributed by atoms with Gasteiger partial charge in [-0.25, -0.2) is 0 Å². The first kappa shape index (κ1) is 18.7. The minimum absolute atomic E-state index is 0.126. The molecular formula is C17H23ClN4O4. The highest BCUT2D eigenvalue weighted by atomic mass is 35.5. The standard InChI is InChI=1S/C17H23ClN4O4/c1-9(22-8-10(18)7-19-22)15(23)20-13-4-3-5-14(13)21-16(24)11-6-12(11)17(25)26-2/h7-9,11-14H,3-6H2,1-2H3,(H,20,23)(H,21,24)/t9?,11?,12?,13-,14+/m0/s1. The number of ether oxygens (including phenoxy) is 1. The summed E-state index contributed by atoms with van der Waals surface area (Å²) in [4.78, 5) is 36.3. The molecule has 0 bridgehead atoms. The van der Waals surface area contributed by atoms with Crippen LogP contribution in [0.3, 0.4) is 0 Å². The quantitative estimate of drug-likeness (QED) is 0.716. The molecule has 2 aliphatic rings. The normalized spacial score (nSPS) is 28.3. The maximum Gasteiger partial charge on any atom is 0.309 e. The van der Waals surface area contributed by atoms with Gasteiger partial charge >= 0.3 is 5.97 Å². The molecule has 2 fully saturated rings. The Morgan fingerprint density at radius 1 is 1.27 bits per heavy atom. The maximum absolute atomic E-state index is 12.5. The fourth-order valence-electron chi connectivity index (χ4n) is 3.44. The molecule has 2 saturated carbocycles. The van der Waals surface area contributed by atoms with Gasteiger partial charge in [0.1, 0.15) is 6.04 Å². The summed E-state index contributed by atoms with van der Waals surface area (Å²) >= 11 is 5.84. The molecule has 142 valence electrons. The Kier molecular flexibility index (Phi) is 5.50. The van der Waals surface area contributed by atoms with Gasteiger partial charge in [-0.3, -0.25) is 19.1 Å². The van der Waals surface area contributed by atoms with Crippen molar-refractivity contribution < 1.29 is 19.1 Å². The van der Waals surface area contributed by atoms with Crippen molar-refractivity contribution >= 4 is 29.4 Å². The van der Waals surface area contributed by atoms with Crippen LogP contribution < -0.4 is 10.6 Å². The van der Waals surface area contributed by atoms with Crippen molar-refractivity contribution in [1.82, 2.24) is 20.4 Å². The number of carbonyl (C=O) groups is 3. The highest BCUT2D eigenvalue weighted by Crippen LogP contribution is 2.39. The van der Waals surface area contributed by atoms with Gasteiger partial charge in [-0.2, -0.15) is 5.10 Å². The molecule has 8 nitrogen and oxygen atoms in total. The number of rotatable bonds is 6. The second-order valence-electron chi connectivity index (χ2n) is 6.95. The highest BCUT2D eigenvalue weighted by Gasteiger charge is 2.49. The minimum Gasteiger partial charge on any atom is -0.469 e. The van der Waals surface area contributed by atoms with E-state index in [0.29, 0.717) is 11.4 Å². The third-order valence-electron chi connectivity index (χ3n) is 5.15. The van der Waals surface area contributed by atoms with Gasteiger partial charge in [0.25, 0.3) is 0 Å². The first-order valence-electron chi connectivity index (χ1n) is 8.79. The van der Waals surface area contributed by atoms with E-state index in [2.05, 4.69) is 20.5 Å². The zero-order valence-corrected chi connectivity index (χ0v) is 15.5. The Morgan fingerprint density at radius 2 is 1.96 bits per heavy atom. The first-order chi connectivity index (χ1) is 12.4. The molecule has 1 aromatic heterocycles. The largest absolute Gasteiger partial charge is 0.469 e. The van der Waals surface area contributed by atoms with Crippen LogP contribution in [0.2, 0.25) is 5.02 Å². The van der Waals surface area contributed by atoms with E-state index in [-0.39, 0.29) is 41.7 Å². The molecular weight excluding hydrogens is 360 g/mol. The number of aromatic nitrogens is 2. The van der Waals surface area contributed by atoms with Gasteiger partial charge < -0.3 is 15.4 Å². The van der Waals surface area contributed by atoms with Crippen molar-refractivity contribution in [3.05, 3.63) is 17.4 Å². The Hall–Kier alpha value is -2.09. The van der Waals surface area contributed by atoms with Crippen LogP contribution in [0.1, 0.15) is 38.6 Å². The van der Waals surface area contributed by atoms with Gasteiger partial charge in [0.05, 0.1) is 30.2 Å². The second kappa shape index (κ2) is 7.65. The minimum atomic E-state index is -0.494. The molecule has 1 heterocycles. The number of hydrogen-bond acceptors (Lipinski definition) is 5. The Morgan fingerprint density at radius 3 is 2.58 bits per heavy atom. The highest BCUT2D eigenvalue weighted by molar-refractivity contribution is 6.30. The molecule has 9 heteroatoms. The molecule has 0 radical (unpaired) electrons. The molecule has 0 aliphatic heterocycles. The van der Waals surface area contributed by atoms with Crippen LogP contribution in [0.5, 0.6) is 0 Å². The lowest BCUT2D eigenvalue weighted by Crippen LogP contribution is -2.50. The van der Waals surface area contributed by atoms with Gasteiger partial charge in [-0.15, -0.1) is 0 Å². The smallest absolute Gasteiger partial charge is 0.309 e. The van der Waals surface area contributed by atoms with Crippen molar-refractivity contribution in [3.63, 3.8) is 0 Å². The van der Waals surface area contributed by atoms with E-state index in [1.165, 1.54) is 18.0 Å². The van der Waals surface area contributed by atoms with Gasteiger partial charge in [-0.05, 0) is 32.6 Å². The lowest BCUT2D eigenvalue weighted by molar-refractivity contribution is -0.143. The summed E-state index contributed by atoms with van der Waals surface area (Å²) in [6.45, 7) is 1.74. The lowest BCUT2D eigenvalue weighted by atomic mass is 10.1. The average Bonchev–Trinajstić information content (AvgIpc) is 3.14. The SMILES string of the molecule is COC(=O)C1CC1C(=O)N[C@@H]1CCC[C@@H]1NC(=O)C(C)n1cc(Cl)cn1. The topological polar surface area (TPSA) is 102 Å². The van der Waals surface area contributed by atoms with Crippen molar-refractivity contribution in [1.29, 1.82) is 0 Å². The van der Waals surface area contributed by atoms with E-state index in [1.807, 2.05) is 0 Å². The van der Waals surface area contributed by atoms with Crippen LogP contribution in [0, 0.1) is 11.8 Å². The molecule has 3 unspecified atom stereocenters. The van der Waals surface area contributed by atoms with Crippen LogP contribution in [0.4, 0.5) is 0 Å². The average molecular weight is 383 g/mol. The van der Waals surface area contributed by atoms with Crippen molar-refractivity contribution in [2.24, 2.45) is 11.8 Å². The van der Waals surface area contributed by atoms with E-state index >= 15 is 0 Å². The zero-order chi connectivity index (χ0) is 18.8. The lowest BCUT2D eigenvalue weighted by Gasteiger charge is -2.24. The van der Waals surface area contributed by atoms with Crippen LogP contribution in [0.25, 0.3) is 0 Å². The summed E-state index contributed by atoms with van der Waals surface area (Å²) in [7, 11) is 1.33. The fourth-order valence-corrected chi connectivity index (χ4v) is 3.59. The Balaban J connectivity index is 1.53. The molecule has 3 rings (SSSR count). The predicted octanol–water partition coefficient (Wildman–Crippen LogP) is 1.06. The number of nitrogens with one attached hydrogen (secondary N) is 2. The number of methoxy groups -OCH3 is 1. The van der Waals surface area contributed by atoms with E-state index in [4.69, 9.17) is 11.6 Å². The third kappa shape index (κ3) is 4.00. The summed E-state index contributed by atoms with van der Waals surface area (Å²) in [6.07, 6.45) is 6.13. The van der Waals surface area contributed by atoms with Crippen LogP contribution >= 0.6 is 11.6 Å². The second-order valence-corrected chi connectivity index (χ2v) is 7.38. The number of amides is 2. The monoisotopic (exact) mass is 382 g/mol. The zero-order valence-electron chi connectivity index (χ0n) is 14.8. The van der Waals surface area contributed by atoms with Crippen molar-refractivity contribution in [3.8, 4) is 0 Å². The third-order valence-corrected chi connectivity index (χ3v) is 5.34. The van der Waals surface area contributed by atoms with E-state index < -0.39 is 6.04 Å². The number of esters is 1. The first-order valence-corrected chi connectivity index (χ1v) is 9.16. The molecule has 2 amide bonds. The maximum atomic E-state index is 12.5. The van der Waals surface area contributed by atoms with Gasteiger partial charge in [0, 0.05) is 18.3 Å². The molecule has 0 saturated heterocycles. The summed E-state index contributed by atoms with van der Waals surface area (Å²) in [5.41, 5.74) is 0. The summed E-state index contributed by atoms with van der Waals surface area (Å²) in [6, 6.07) is -0.749. The summed E-state index contributed by atoms with van der Waals surface area (Å²) in [5, 5.41) is 10.5. The van der Waals surface area contributed by atoms with Crippen molar-refractivity contribution in [2.75, 3.05) is 7.11 Å². The molecule has 2 N–H and O–H groups in total. The van der Waals surface area contributed by atoms with Gasteiger partial charge in [-0.1, -0.05) is 11.6 Å². The fraction of sp³-hybridized carbons (Fsp3) is 0.647. The molecule has 2 aliphatic carbocycles. The Labute approximate surface area is 156 Å². The molecule has 26 heavy (non-hydrogen) atoms. The van der Waals surface area contributed by atoms with E-state index in [1.54, 1.807) is 13.1 Å². The Bertz CT molecular complexity index is 707. The number of hydrogen-bond donors (Lipinski definition) is 2. The number of halogens is 1. The molecule has 0 aromatic carbocycles. The van der Waals surface area contributed by atoms with E-state index in [9.17, 15) is 14.4 Å². The molecule has 0 spiro atoms. The molecule has 1 aromatic rings. The van der Waals surface area contributed by atoms with E-state index in [0.717, 1.165) is 19.3 Å². The summed E-state index contributed by atoms with van der Waals surface area (Å²) < 4.78 is 6.18.